The topological polar surface area (TPSA) is 49.4 Å². The number of carbonyl (C=O) groups is 2. The molecular weight excluding hydrogens is 404 g/mol. The number of thioether (sulfide) groups is 1. The highest BCUT2D eigenvalue weighted by molar-refractivity contribution is 7.99. The Bertz CT molecular complexity index is 889. The van der Waals surface area contributed by atoms with Crippen LogP contribution in [0.3, 0.4) is 0 Å². The van der Waals surface area contributed by atoms with E-state index >= 15 is 0 Å². The minimum atomic E-state index is -0.495. The fraction of sp³-hybridized carbons (Fsp3) is 0.462. The second-order valence-electron chi connectivity index (χ2n) is 9.09. The van der Waals surface area contributed by atoms with E-state index in [1.807, 2.05) is 65.0 Å². The van der Waals surface area contributed by atoms with Crippen molar-refractivity contribution in [3.63, 3.8) is 0 Å². The Hall–Kier alpha value is -2.27. The van der Waals surface area contributed by atoms with E-state index in [4.69, 9.17) is 0 Å². The highest BCUT2D eigenvalue weighted by Crippen LogP contribution is 2.19. The van der Waals surface area contributed by atoms with Gasteiger partial charge in [-0.3, -0.25) is 9.59 Å². The van der Waals surface area contributed by atoms with E-state index in [2.05, 4.69) is 30.4 Å². The molecule has 5 heteroatoms. The minimum Gasteiger partial charge on any atom is -0.350 e. The molecule has 1 N–H and O–H groups in total. The van der Waals surface area contributed by atoms with Crippen LogP contribution in [0.4, 0.5) is 0 Å². The highest BCUT2D eigenvalue weighted by atomic mass is 32.2. The molecule has 0 aliphatic heterocycles. The number of aryl methyl sites for hydroxylation is 2. The summed E-state index contributed by atoms with van der Waals surface area (Å²) in [4.78, 5) is 28.1. The van der Waals surface area contributed by atoms with Crippen LogP contribution in [0.2, 0.25) is 0 Å². The minimum absolute atomic E-state index is 0.00295. The van der Waals surface area contributed by atoms with Gasteiger partial charge < -0.3 is 10.2 Å². The molecule has 0 aliphatic rings. The summed E-state index contributed by atoms with van der Waals surface area (Å²) in [5.41, 5.74) is 4.28. The summed E-state index contributed by atoms with van der Waals surface area (Å²) in [7, 11) is 0. The molecule has 0 heterocycles. The van der Waals surface area contributed by atoms with E-state index in [1.54, 1.807) is 16.7 Å². The molecule has 2 aromatic rings. The maximum Gasteiger partial charge on any atom is 0.243 e. The molecule has 2 amide bonds. The Morgan fingerprint density at radius 2 is 1.77 bits per heavy atom. The van der Waals surface area contributed by atoms with Crippen LogP contribution >= 0.6 is 11.8 Å². The molecule has 31 heavy (non-hydrogen) atoms. The molecule has 2 rings (SSSR count). The van der Waals surface area contributed by atoms with Gasteiger partial charge in [-0.05, 0) is 57.7 Å². The van der Waals surface area contributed by atoms with Crippen LogP contribution < -0.4 is 5.32 Å². The first kappa shape index (κ1) is 25.0. The van der Waals surface area contributed by atoms with Crippen LogP contribution in [0.5, 0.6) is 0 Å². The van der Waals surface area contributed by atoms with Crippen molar-refractivity contribution < 1.29 is 9.59 Å². The first-order chi connectivity index (χ1) is 14.6. The van der Waals surface area contributed by atoms with Gasteiger partial charge in [-0.15, -0.1) is 11.8 Å². The smallest absolute Gasteiger partial charge is 0.243 e. The molecular formula is C26H36N2O2S. The van der Waals surface area contributed by atoms with Gasteiger partial charge in [0.2, 0.25) is 11.8 Å². The zero-order valence-electron chi connectivity index (χ0n) is 19.7. The molecule has 0 bridgehead atoms. The van der Waals surface area contributed by atoms with Crippen molar-refractivity contribution in [1.29, 1.82) is 0 Å². The average Bonchev–Trinajstić information content (AvgIpc) is 2.68. The van der Waals surface area contributed by atoms with Crippen LogP contribution in [0.15, 0.2) is 48.5 Å². The Kier molecular flexibility index (Phi) is 9.17. The van der Waals surface area contributed by atoms with Gasteiger partial charge in [0.1, 0.15) is 6.04 Å². The van der Waals surface area contributed by atoms with E-state index in [0.717, 1.165) is 16.9 Å². The number of benzene rings is 2. The predicted molar refractivity (Wildman–Crippen MR) is 131 cm³/mol. The lowest BCUT2D eigenvalue weighted by Gasteiger charge is -2.33. The van der Waals surface area contributed by atoms with Gasteiger partial charge in [-0.25, -0.2) is 0 Å². The normalized spacial score (nSPS) is 12.3. The number of amides is 2. The number of hydrogen-bond acceptors (Lipinski definition) is 3. The van der Waals surface area contributed by atoms with E-state index in [1.165, 1.54) is 11.1 Å². The number of nitrogens with zero attached hydrogens (tertiary/aromatic N) is 1. The molecule has 0 spiro atoms. The number of hydrogen-bond donors (Lipinski definition) is 1. The van der Waals surface area contributed by atoms with Crippen molar-refractivity contribution in [3.8, 4) is 0 Å². The lowest BCUT2D eigenvalue weighted by molar-refractivity contribution is -0.140. The molecule has 168 valence electrons. The zero-order chi connectivity index (χ0) is 23.0. The van der Waals surface area contributed by atoms with Crippen LogP contribution in [-0.4, -0.2) is 34.0 Å². The van der Waals surface area contributed by atoms with Gasteiger partial charge in [0.05, 0.1) is 5.75 Å². The van der Waals surface area contributed by atoms with Gasteiger partial charge in [0, 0.05) is 17.8 Å². The monoisotopic (exact) mass is 440 g/mol. The summed E-state index contributed by atoms with van der Waals surface area (Å²) in [5, 5.41) is 3.05. The Balaban J connectivity index is 2.17. The third-order valence-electron chi connectivity index (χ3n) is 5.06. The lowest BCUT2D eigenvalue weighted by Crippen LogP contribution is -2.53. The summed E-state index contributed by atoms with van der Waals surface area (Å²) < 4.78 is 0. The summed E-state index contributed by atoms with van der Waals surface area (Å²) >= 11 is 1.60. The summed E-state index contributed by atoms with van der Waals surface area (Å²) in [5.74, 6) is 1.02. The molecule has 0 radical (unpaired) electrons. The first-order valence-corrected chi connectivity index (χ1v) is 12.1. The lowest BCUT2D eigenvalue weighted by atomic mass is 10.0. The molecule has 0 aliphatic carbocycles. The zero-order valence-corrected chi connectivity index (χ0v) is 20.5. The van der Waals surface area contributed by atoms with Gasteiger partial charge in [0.25, 0.3) is 0 Å². The van der Waals surface area contributed by atoms with Gasteiger partial charge >= 0.3 is 0 Å². The van der Waals surface area contributed by atoms with Crippen molar-refractivity contribution in [2.45, 2.75) is 71.8 Å². The van der Waals surface area contributed by atoms with E-state index in [-0.39, 0.29) is 17.4 Å². The maximum absolute atomic E-state index is 13.3. The SMILES string of the molecule is CC[C@@H](C(=O)NC(C)(C)C)N(Cc1ccccc1C)C(=O)CSCc1cccc(C)c1. The second-order valence-corrected chi connectivity index (χ2v) is 10.1. The fourth-order valence-electron chi connectivity index (χ4n) is 3.48. The Labute approximate surface area is 191 Å². The van der Waals surface area contributed by atoms with Crippen molar-refractivity contribution >= 4 is 23.6 Å². The van der Waals surface area contributed by atoms with Gasteiger partial charge in [0.15, 0.2) is 0 Å². The van der Waals surface area contributed by atoms with Crippen LogP contribution in [0, 0.1) is 13.8 Å². The largest absolute Gasteiger partial charge is 0.350 e. The average molecular weight is 441 g/mol. The predicted octanol–water partition coefficient (Wildman–Crippen LogP) is 5.26. The standard InChI is InChI=1S/C26H36N2O2S/c1-7-23(25(30)27-26(4,5)6)28(16-22-14-9-8-12-20(22)3)24(29)18-31-17-21-13-10-11-19(2)15-21/h8-15,23H,7,16-18H2,1-6H3,(H,27,30)/t23-/m0/s1. The maximum atomic E-state index is 13.3. The number of rotatable bonds is 9. The third-order valence-corrected chi connectivity index (χ3v) is 6.05. The first-order valence-electron chi connectivity index (χ1n) is 10.9. The molecule has 1 atom stereocenters. The third kappa shape index (κ3) is 8.06. The molecule has 0 saturated carbocycles. The van der Waals surface area contributed by atoms with E-state index < -0.39 is 6.04 Å². The summed E-state index contributed by atoms with van der Waals surface area (Å²) in [6, 6.07) is 15.9. The molecule has 0 aromatic heterocycles. The Morgan fingerprint density at radius 3 is 2.39 bits per heavy atom. The molecule has 4 nitrogen and oxygen atoms in total. The Morgan fingerprint density at radius 1 is 1.06 bits per heavy atom. The number of nitrogens with one attached hydrogen (secondary N) is 1. The molecule has 2 aromatic carbocycles. The second kappa shape index (κ2) is 11.4. The highest BCUT2D eigenvalue weighted by Gasteiger charge is 2.30. The molecule has 0 unspecified atom stereocenters. The summed E-state index contributed by atoms with van der Waals surface area (Å²) in [6.45, 7) is 12.4. The fourth-order valence-corrected chi connectivity index (χ4v) is 4.34. The van der Waals surface area contributed by atoms with Crippen molar-refractivity contribution in [1.82, 2.24) is 10.2 Å². The van der Waals surface area contributed by atoms with Crippen LogP contribution in [0.1, 0.15) is 56.4 Å². The van der Waals surface area contributed by atoms with E-state index in [9.17, 15) is 9.59 Å². The number of carbonyl (C=O) groups excluding carboxylic acids is 2. The van der Waals surface area contributed by atoms with Crippen LogP contribution in [0.25, 0.3) is 0 Å². The molecule has 0 fully saturated rings. The van der Waals surface area contributed by atoms with Gasteiger partial charge in [-0.1, -0.05) is 61.0 Å². The molecule has 0 saturated heterocycles. The van der Waals surface area contributed by atoms with Crippen molar-refractivity contribution in [2.24, 2.45) is 0 Å². The van der Waals surface area contributed by atoms with E-state index in [0.29, 0.717) is 18.7 Å². The van der Waals surface area contributed by atoms with Crippen molar-refractivity contribution in [2.75, 3.05) is 5.75 Å². The van der Waals surface area contributed by atoms with Gasteiger partial charge in [-0.2, -0.15) is 0 Å². The van der Waals surface area contributed by atoms with Crippen LogP contribution in [-0.2, 0) is 21.9 Å². The summed E-state index contributed by atoms with van der Waals surface area (Å²) in [6.07, 6.45) is 0.572. The quantitative estimate of drug-likeness (QED) is 0.579. The van der Waals surface area contributed by atoms with Crippen molar-refractivity contribution in [3.05, 3.63) is 70.8 Å².